The standard InChI is InChI=1S/C13H20N4O3/c1-9(2)17(7-5-11(14)15-20)13(19)10-4-6-16(3)12(18)8-10/h4,6,8-9,20H,5,7H2,1-3H3,(H2,14,15). The predicted octanol–water partition coefficient (Wildman–Crippen LogP) is 0.372. The smallest absolute Gasteiger partial charge is 0.254 e. The second-order valence-corrected chi connectivity index (χ2v) is 4.80. The minimum atomic E-state index is -0.247. The summed E-state index contributed by atoms with van der Waals surface area (Å²) < 4.78 is 1.40. The topological polar surface area (TPSA) is 101 Å². The molecule has 110 valence electrons. The lowest BCUT2D eigenvalue weighted by Gasteiger charge is -2.26. The molecular formula is C13H20N4O3. The summed E-state index contributed by atoms with van der Waals surface area (Å²) in [5.74, 6) is -0.184. The number of aromatic nitrogens is 1. The van der Waals surface area contributed by atoms with Gasteiger partial charge < -0.3 is 20.4 Å². The van der Waals surface area contributed by atoms with Gasteiger partial charge in [-0.25, -0.2) is 0 Å². The summed E-state index contributed by atoms with van der Waals surface area (Å²) >= 11 is 0. The molecule has 0 aliphatic carbocycles. The van der Waals surface area contributed by atoms with E-state index < -0.39 is 0 Å². The minimum Gasteiger partial charge on any atom is -0.409 e. The molecule has 3 N–H and O–H groups in total. The Morgan fingerprint density at radius 3 is 2.70 bits per heavy atom. The molecule has 0 saturated carbocycles. The van der Waals surface area contributed by atoms with E-state index in [1.807, 2.05) is 13.8 Å². The number of carbonyl (C=O) groups is 1. The number of nitrogens with zero attached hydrogens (tertiary/aromatic N) is 3. The molecule has 1 rings (SSSR count). The van der Waals surface area contributed by atoms with Gasteiger partial charge in [0.05, 0.1) is 0 Å². The molecule has 0 spiro atoms. The predicted molar refractivity (Wildman–Crippen MR) is 75.9 cm³/mol. The third-order valence-corrected chi connectivity index (χ3v) is 2.97. The van der Waals surface area contributed by atoms with E-state index in [0.29, 0.717) is 12.1 Å². The Morgan fingerprint density at radius 1 is 1.55 bits per heavy atom. The summed E-state index contributed by atoms with van der Waals surface area (Å²) in [6.45, 7) is 4.05. The Morgan fingerprint density at radius 2 is 2.20 bits per heavy atom. The van der Waals surface area contributed by atoms with Crippen LogP contribution in [0.3, 0.4) is 0 Å². The minimum absolute atomic E-state index is 0.0574. The highest BCUT2D eigenvalue weighted by Gasteiger charge is 2.19. The maximum Gasteiger partial charge on any atom is 0.254 e. The number of nitrogens with two attached hydrogens (primary N) is 1. The van der Waals surface area contributed by atoms with Crippen molar-refractivity contribution < 1.29 is 10.0 Å². The molecule has 7 heteroatoms. The molecule has 0 fully saturated rings. The van der Waals surface area contributed by atoms with E-state index in [0.717, 1.165) is 0 Å². The summed E-state index contributed by atoms with van der Waals surface area (Å²) in [5.41, 5.74) is 5.51. The number of amides is 1. The molecule has 0 aliphatic rings. The zero-order valence-corrected chi connectivity index (χ0v) is 11.9. The van der Waals surface area contributed by atoms with Crippen molar-refractivity contribution in [2.75, 3.05) is 6.54 Å². The molecule has 1 aromatic rings. The van der Waals surface area contributed by atoms with Crippen molar-refractivity contribution in [3.63, 3.8) is 0 Å². The van der Waals surface area contributed by atoms with E-state index in [1.54, 1.807) is 24.2 Å². The van der Waals surface area contributed by atoms with Crippen LogP contribution in [0.1, 0.15) is 30.6 Å². The van der Waals surface area contributed by atoms with Crippen molar-refractivity contribution in [3.05, 3.63) is 34.2 Å². The van der Waals surface area contributed by atoms with E-state index in [2.05, 4.69) is 5.16 Å². The molecule has 1 aromatic heterocycles. The van der Waals surface area contributed by atoms with E-state index in [4.69, 9.17) is 10.9 Å². The highest BCUT2D eigenvalue weighted by atomic mass is 16.4. The molecule has 0 saturated heterocycles. The lowest BCUT2D eigenvalue weighted by molar-refractivity contribution is 0.0710. The second-order valence-electron chi connectivity index (χ2n) is 4.80. The number of hydrogen-bond donors (Lipinski definition) is 2. The van der Waals surface area contributed by atoms with E-state index >= 15 is 0 Å². The van der Waals surface area contributed by atoms with Crippen LogP contribution >= 0.6 is 0 Å². The Hall–Kier alpha value is -2.31. The van der Waals surface area contributed by atoms with Gasteiger partial charge in [0.2, 0.25) is 0 Å². The third kappa shape index (κ3) is 3.84. The first-order chi connectivity index (χ1) is 9.36. The van der Waals surface area contributed by atoms with Crippen LogP contribution in [0.2, 0.25) is 0 Å². The highest BCUT2D eigenvalue weighted by molar-refractivity contribution is 5.94. The maximum absolute atomic E-state index is 12.4. The van der Waals surface area contributed by atoms with Gasteiger partial charge in [-0.05, 0) is 19.9 Å². The summed E-state index contributed by atoms with van der Waals surface area (Å²) in [4.78, 5) is 25.5. The summed E-state index contributed by atoms with van der Waals surface area (Å²) in [6, 6.07) is 2.85. The fourth-order valence-corrected chi connectivity index (χ4v) is 1.73. The van der Waals surface area contributed by atoms with Crippen LogP contribution in [0, 0.1) is 0 Å². The molecule has 20 heavy (non-hydrogen) atoms. The molecule has 0 aliphatic heterocycles. The largest absolute Gasteiger partial charge is 0.409 e. The number of aryl methyl sites for hydroxylation is 1. The molecule has 7 nitrogen and oxygen atoms in total. The van der Waals surface area contributed by atoms with Crippen LogP contribution in [0.25, 0.3) is 0 Å². The first-order valence-electron chi connectivity index (χ1n) is 6.31. The second kappa shape index (κ2) is 6.74. The Kier molecular flexibility index (Phi) is 5.31. The average Bonchev–Trinajstić information content (AvgIpc) is 2.41. The lowest BCUT2D eigenvalue weighted by atomic mass is 10.2. The van der Waals surface area contributed by atoms with Gasteiger partial charge in [-0.3, -0.25) is 9.59 Å². The van der Waals surface area contributed by atoms with Crippen molar-refractivity contribution in [3.8, 4) is 0 Å². The summed E-state index contributed by atoms with van der Waals surface area (Å²) in [6.07, 6.45) is 1.82. The Bertz CT molecular complexity index is 563. The van der Waals surface area contributed by atoms with Gasteiger partial charge in [-0.2, -0.15) is 0 Å². The third-order valence-electron chi connectivity index (χ3n) is 2.97. The number of carbonyl (C=O) groups excluding carboxylic acids is 1. The maximum atomic E-state index is 12.4. The number of amidine groups is 1. The van der Waals surface area contributed by atoms with Crippen molar-refractivity contribution in [2.24, 2.45) is 17.9 Å². The molecular weight excluding hydrogens is 260 g/mol. The van der Waals surface area contributed by atoms with Gasteiger partial charge in [0, 0.05) is 43.9 Å². The van der Waals surface area contributed by atoms with E-state index in [9.17, 15) is 9.59 Å². The van der Waals surface area contributed by atoms with Crippen molar-refractivity contribution >= 4 is 11.7 Å². The Labute approximate surface area is 117 Å². The SMILES string of the molecule is CC(C)N(CC/C(N)=N/O)C(=O)c1ccn(C)c(=O)c1. The van der Waals surface area contributed by atoms with Crippen LogP contribution in [0.5, 0.6) is 0 Å². The lowest BCUT2D eigenvalue weighted by Crippen LogP contribution is -2.39. The molecule has 1 heterocycles. The van der Waals surface area contributed by atoms with E-state index in [-0.39, 0.29) is 29.8 Å². The zero-order valence-electron chi connectivity index (χ0n) is 11.9. The van der Waals surface area contributed by atoms with Crippen LogP contribution < -0.4 is 11.3 Å². The van der Waals surface area contributed by atoms with Gasteiger partial charge in [0.25, 0.3) is 11.5 Å². The van der Waals surface area contributed by atoms with Crippen LogP contribution in [0.4, 0.5) is 0 Å². The molecule has 0 aromatic carbocycles. The first kappa shape index (κ1) is 15.7. The van der Waals surface area contributed by atoms with E-state index in [1.165, 1.54) is 10.6 Å². The van der Waals surface area contributed by atoms with Crippen molar-refractivity contribution in [1.82, 2.24) is 9.47 Å². The summed E-state index contributed by atoms with van der Waals surface area (Å²) in [7, 11) is 1.62. The van der Waals surface area contributed by atoms with Crippen molar-refractivity contribution in [2.45, 2.75) is 26.3 Å². The van der Waals surface area contributed by atoms with Crippen LogP contribution in [-0.4, -0.2) is 39.0 Å². The Balaban J connectivity index is 2.93. The monoisotopic (exact) mass is 280 g/mol. The van der Waals surface area contributed by atoms with Crippen molar-refractivity contribution in [1.29, 1.82) is 0 Å². The van der Waals surface area contributed by atoms with Crippen LogP contribution in [0.15, 0.2) is 28.3 Å². The van der Waals surface area contributed by atoms with Gasteiger partial charge in [0.15, 0.2) is 0 Å². The van der Waals surface area contributed by atoms with Gasteiger partial charge in [-0.15, -0.1) is 0 Å². The van der Waals surface area contributed by atoms with Gasteiger partial charge in [-0.1, -0.05) is 5.16 Å². The first-order valence-corrected chi connectivity index (χ1v) is 6.31. The normalized spacial score (nSPS) is 11.7. The fraction of sp³-hybridized carbons (Fsp3) is 0.462. The molecule has 0 radical (unpaired) electrons. The molecule has 0 bridgehead atoms. The quantitative estimate of drug-likeness (QED) is 0.352. The molecule has 0 atom stereocenters. The number of pyridine rings is 1. The summed E-state index contributed by atoms with van der Waals surface area (Å²) in [5, 5.41) is 11.4. The number of rotatable bonds is 5. The number of hydrogen-bond acceptors (Lipinski definition) is 4. The average molecular weight is 280 g/mol. The number of oxime groups is 1. The fourth-order valence-electron chi connectivity index (χ4n) is 1.73. The van der Waals surface area contributed by atoms with Crippen LogP contribution in [-0.2, 0) is 7.05 Å². The highest BCUT2D eigenvalue weighted by Crippen LogP contribution is 2.07. The van der Waals surface area contributed by atoms with Gasteiger partial charge >= 0.3 is 0 Å². The zero-order chi connectivity index (χ0) is 15.3. The molecule has 1 amide bonds. The van der Waals surface area contributed by atoms with Gasteiger partial charge in [0.1, 0.15) is 5.84 Å². The molecule has 0 unspecified atom stereocenters.